The Morgan fingerprint density at radius 2 is 1.91 bits per heavy atom. The van der Waals surface area contributed by atoms with Crippen molar-refractivity contribution >= 4 is 45.9 Å². The summed E-state index contributed by atoms with van der Waals surface area (Å²) in [6.07, 6.45) is -1.03. The number of nitrogens with zero attached hydrogens (tertiary/aromatic N) is 4. The van der Waals surface area contributed by atoms with Crippen LogP contribution < -0.4 is 15.4 Å². The SMILES string of the molecule is CCOc1ccc(Nc2cc(Nc3ccc(F)cc3SC)c3[nH]c(C(F)F)nc3n2)nc1C#N. The molecule has 0 spiro atoms. The van der Waals surface area contributed by atoms with E-state index < -0.39 is 18.1 Å². The number of nitrogens with one attached hydrogen (secondary N) is 3. The van der Waals surface area contributed by atoms with E-state index in [2.05, 4.69) is 30.6 Å². The summed E-state index contributed by atoms with van der Waals surface area (Å²) < 4.78 is 45.6. The number of pyridine rings is 2. The quantitative estimate of drug-likeness (QED) is 0.264. The molecular weight excluding hydrogens is 467 g/mol. The molecule has 0 fully saturated rings. The van der Waals surface area contributed by atoms with E-state index in [0.717, 1.165) is 0 Å². The summed E-state index contributed by atoms with van der Waals surface area (Å²) in [6.45, 7) is 2.17. The van der Waals surface area contributed by atoms with Crippen LogP contribution in [0.1, 0.15) is 24.9 Å². The fourth-order valence-corrected chi connectivity index (χ4v) is 3.75. The number of alkyl halides is 2. The minimum Gasteiger partial charge on any atom is -0.491 e. The van der Waals surface area contributed by atoms with E-state index in [1.54, 1.807) is 37.4 Å². The summed E-state index contributed by atoms with van der Waals surface area (Å²) in [6, 6.07) is 11.0. The van der Waals surface area contributed by atoms with Crippen LogP contribution in [0.3, 0.4) is 0 Å². The molecule has 4 rings (SSSR count). The van der Waals surface area contributed by atoms with Crippen molar-refractivity contribution in [3.63, 3.8) is 0 Å². The van der Waals surface area contributed by atoms with Crippen LogP contribution in [-0.4, -0.2) is 32.8 Å². The first kappa shape index (κ1) is 23.2. The van der Waals surface area contributed by atoms with Crippen LogP contribution in [0.15, 0.2) is 41.3 Å². The van der Waals surface area contributed by atoms with Crippen LogP contribution in [0.4, 0.5) is 36.2 Å². The molecule has 0 aliphatic rings. The highest BCUT2D eigenvalue weighted by molar-refractivity contribution is 7.98. The number of ether oxygens (including phenoxy) is 1. The van der Waals surface area contributed by atoms with E-state index in [1.807, 2.05) is 6.07 Å². The lowest BCUT2D eigenvalue weighted by molar-refractivity contribution is 0.142. The number of thioether (sulfide) groups is 1. The Morgan fingerprint density at radius 1 is 1.09 bits per heavy atom. The van der Waals surface area contributed by atoms with Crippen LogP contribution in [0.25, 0.3) is 11.2 Å². The van der Waals surface area contributed by atoms with Gasteiger partial charge in [-0.05, 0) is 43.5 Å². The number of imidazole rings is 1. The lowest BCUT2D eigenvalue weighted by atomic mass is 10.2. The molecule has 0 saturated heterocycles. The van der Waals surface area contributed by atoms with Crippen LogP contribution >= 0.6 is 11.8 Å². The third-order valence-corrected chi connectivity index (χ3v) is 5.42. The molecule has 0 aliphatic carbocycles. The molecule has 0 aliphatic heterocycles. The van der Waals surface area contributed by atoms with E-state index in [4.69, 9.17) is 4.74 Å². The molecule has 3 heterocycles. The Bertz CT molecular complexity index is 1390. The number of aromatic amines is 1. The monoisotopic (exact) mass is 485 g/mol. The minimum atomic E-state index is -2.82. The molecule has 3 N–H and O–H groups in total. The minimum absolute atomic E-state index is 0.0436. The summed E-state index contributed by atoms with van der Waals surface area (Å²) in [5.74, 6) is -0.0350. The lowest BCUT2D eigenvalue weighted by Crippen LogP contribution is -2.02. The maximum atomic E-state index is 13.7. The van der Waals surface area contributed by atoms with Gasteiger partial charge in [0, 0.05) is 11.0 Å². The molecular formula is C22H18F3N7OS. The van der Waals surface area contributed by atoms with Crippen molar-refractivity contribution in [3.05, 3.63) is 53.7 Å². The van der Waals surface area contributed by atoms with Crippen molar-refractivity contribution in [3.8, 4) is 11.8 Å². The van der Waals surface area contributed by atoms with Gasteiger partial charge in [-0.15, -0.1) is 11.8 Å². The summed E-state index contributed by atoms with van der Waals surface area (Å²) in [7, 11) is 0. The molecule has 1 aromatic carbocycles. The average Bonchev–Trinajstić information content (AvgIpc) is 3.26. The number of aromatic nitrogens is 4. The van der Waals surface area contributed by atoms with Crippen LogP contribution in [-0.2, 0) is 0 Å². The first-order valence-corrected chi connectivity index (χ1v) is 11.2. The molecule has 34 heavy (non-hydrogen) atoms. The number of halogens is 3. The van der Waals surface area contributed by atoms with E-state index in [1.165, 1.54) is 23.9 Å². The zero-order valence-corrected chi connectivity index (χ0v) is 18.8. The summed E-state index contributed by atoms with van der Waals surface area (Å²) in [5.41, 5.74) is 1.35. The maximum Gasteiger partial charge on any atom is 0.295 e. The molecule has 0 unspecified atom stereocenters. The van der Waals surface area contributed by atoms with E-state index in [9.17, 15) is 18.4 Å². The Morgan fingerprint density at radius 3 is 2.62 bits per heavy atom. The normalized spacial score (nSPS) is 11.0. The molecule has 0 atom stereocenters. The molecule has 0 radical (unpaired) electrons. The summed E-state index contributed by atoms with van der Waals surface area (Å²) in [5, 5.41) is 15.5. The highest BCUT2D eigenvalue weighted by Crippen LogP contribution is 2.34. The van der Waals surface area contributed by atoms with Crippen molar-refractivity contribution in [2.24, 2.45) is 0 Å². The second kappa shape index (κ2) is 9.88. The Labute approximate surface area is 196 Å². The third kappa shape index (κ3) is 4.84. The summed E-state index contributed by atoms with van der Waals surface area (Å²) in [4.78, 5) is 15.6. The van der Waals surface area contributed by atoms with Gasteiger partial charge in [-0.2, -0.15) is 5.26 Å². The molecule has 0 amide bonds. The van der Waals surface area contributed by atoms with Crippen molar-refractivity contribution < 1.29 is 17.9 Å². The Hall–Kier alpha value is -3.98. The van der Waals surface area contributed by atoms with Gasteiger partial charge < -0.3 is 20.4 Å². The Kier molecular flexibility index (Phi) is 6.74. The molecule has 174 valence electrons. The number of nitriles is 1. The van der Waals surface area contributed by atoms with E-state index in [-0.39, 0.29) is 22.7 Å². The average molecular weight is 485 g/mol. The Balaban J connectivity index is 1.76. The predicted molar refractivity (Wildman–Crippen MR) is 124 cm³/mol. The van der Waals surface area contributed by atoms with Gasteiger partial charge >= 0.3 is 0 Å². The van der Waals surface area contributed by atoms with Gasteiger partial charge in [-0.3, -0.25) is 0 Å². The van der Waals surface area contributed by atoms with Gasteiger partial charge in [-0.1, -0.05) is 0 Å². The second-order valence-corrected chi connectivity index (χ2v) is 7.71. The molecule has 12 heteroatoms. The maximum absolute atomic E-state index is 13.7. The molecule has 3 aromatic heterocycles. The van der Waals surface area contributed by atoms with Crippen LogP contribution in [0.2, 0.25) is 0 Å². The topological polar surface area (TPSA) is 112 Å². The number of anilines is 4. The second-order valence-electron chi connectivity index (χ2n) is 6.86. The molecule has 8 nitrogen and oxygen atoms in total. The largest absolute Gasteiger partial charge is 0.491 e. The van der Waals surface area contributed by atoms with Gasteiger partial charge in [0.25, 0.3) is 6.43 Å². The predicted octanol–water partition coefficient (Wildman–Crippen LogP) is 5.91. The van der Waals surface area contributed by atoms with Crippen molar-refractivity contribution in [1.82, 2.24) is 19.9 Å². The zero-order chi connectivity index (χ0) is 24.2. The third-order valence-electron chi connectivity index (χ3n) is 4.64. The number of benzene rings is 1. The molecule has 4 aromatic rings. The number of rotatable bonds is 8. The van der Waals surface area contributed by atoms with E-state index >= 15 is 0 Å². The summed E-state index contributed by atoms with van der Waals surface area (Å²) >= 11 is 1.33. The van der Waals surface area contributed by atoms with Gasteiger partial charge in [0.15, 0.2) is 22.9 Å². The zero-order valence-electron chi connectivity index (χ0n) is 18.0. The molecule has 0 bridgehead atoms. The van der Waals surface area contributed by atoms with Crippen molar-refractivity contribution in [2.45, 2.75) is 18.2 Å². The first-order chi connectivity index (χ1) is 16.4. The fraction of sp³-hybridized carbons (Fsp3) is 0.182. The lowest BCUT2D eigenvalue weighted by Gasteiger charge is -2.13. The standard InChI is InChI=1S/C22H18F3N7OS/c1-3-33-15-6-7-17(28-14(15)10-26)29-18-9-13(19-21(30-18)32-22(31-19)20(24)25)27-12-5-4-11(23)8-16(12)34-2/h4-9,20H,3H2,1-2H3,(H3,27,28,29,30,31,32). The fourth-order valence-electron chi connectivity index (χ4n) is 3.18. The van der Waals surface area contributed by atoms with Gasteiger partial charge in [0.2, 0.25) is 0 Å². The van der Waals surface area contributed by atoms with Crippen molar-refractivity contribution in [2.75, 3.05) is 23.5 Å². The van der Waals surface area contributed by atoms with E-state index in [0.29, 0.717) is 34.4 Å². The van der Waals surface area contributed by atoms with Gasteiger partial charge in [0.1, 0.15) is 29.0 Å². The van der Waals surface area contributed by atoms with Gasteiger partial charge in [0.05, 0.1) is 18.0 Å². The smallest absolute Gasteiger partial charge is 0.295 e. The van der Waals surface area contributed by atoms with Gasteiger partial charge in [-0.25, -0.2) is 28.1 Å². The number of hydrogen-bond donors (Lipinski definition) is 3. The first-order valence-electron chi connectivity index (χ1n) is 10.0. The number of H-pyrrole nitrogens is 1. The number of hydrogen-bond acceptors (Lipinski definition) is 8. The number of fused-ring (bicyclic) bond motifs is 1. The van der Waals surface area contributed by atoms with Crippen molar-refractivity contribution in [1.29, 1.82) is 5.26 Å². The van der Waals surface area contributed by atoms with Crippen LogP contribution in [0.5, 0.6) is 5.75 Å². The van der Waals surface area contributed by atoms with Crippen LogP contribution in [0, 0.1) is 17.1 Å². The highest BCUT2D eigenvalue weighted by Gasteiger charge is 2.18. The highest BCUT2D eigenvalue weighted by atomic mass is 32.2. The molecule has 0 saturated carbocycles.